The van der Waals surface area contributed by atoms with E-state index in [-0.39, 0.29) is 5.91 Å². The summed E-state index contributed by atoms with van der Waals surface area (Å²) in [7, 11) is 1.62. The van der Waals surface area contributed by atoms with Gasteiger partial charge < -0.3 is 10.1 Å². The third kappa shape index (κ3) is 3.81. The van der Waals surface area contributed by atoms with E-state index in [1.807, 2.05) is 67.7 Å². The molecule has 0 aliphatic carbocycles. The van der Waals surface area contributed by atoms with Gasteiger partial charge in [-0.05, 0) is 55.0 Å². The predicted octanol–water partition coefficient (Wildman–Crippen LogP) is 3.37. The fourth-order valence-corrected chi connectivity index (χ4v) is 2.39. The normalized spacial score (nSPS) is 10.4. The average molecular weight is 321 g/mol. The molecule has 2 aromatic carbocycles. The molecule has 1 heterocycles. The number of hydrogen-bond acceptors (Lipinski definition) is 3. The highest BCUT2D eigenvalue weighted by Gasteiger charge is 2.05. The Hall–Kier alpha value is -3.08. The van der Waals surface area contributed by atoms with Crippen molar-refractivity contribution in [3.8, 4) is 11.4 Å². The molecule has 0 saturated heterocycles. The van der Waals surface area contributed by atoms with Crippen LogP contribution in [-0.2, 0) is 11.2 Å². The number of rotatable bonds is 5. The average Bonchev–Trinajstić information content (AvgIpc) is 3.02. The molecule has 122 valence electrons. The van der Waals surface area contributed by atoms with E-state index in [0.29, 0.717) is 6.42 Å². The van der Waals surface area contributed by atoms with Gasteiger partial charge in [-0.1, -0.05) is 12.1 Å². The van der Waals surface area contributed by atoms with Crippen LogP contribution in [-0.4, -0.2) is 22.8 Å². The molecule has 24 heavy (non-hydrogen) atoms. The van der Waals surface area contributed by atoms with Crippen LogP contribution in [0.2, 0.25) is 0 Å². The summed E-state index contributed by atoms with van der Waals surface area (Å²) in [6.07, 6.45) is 2.23. The van der Waals surface area contributed by atoms with Crippen molar-refractivity contribution >= 4 is 11.6 Å². The second-order valence-corrected chi connectivity index (χ2v) is 5.52. The van der Waals surface area contributed by atoms with Crippen molar-refractivity contribution < 1.29 is 9.53 Å². The topological polar surface area (TPSA) is 56.1 Å². The third-order valence-electron chi connectivity index (χ3n) is 3.66. The summed E-state index contributed by atoms with van der Waals surface area (Å²) in [5.41, 5.74) is 3.63. The van der Waals surface area contributed by atoms with Crippen LogP contribution in [0.15, 0.2) is 60.8 Å². The van der Waals surface area contributed by atoms with Gasteiger partial charge in [0.1, 0.15) is 5.75 Å². The number of amides is 1. The van der Waals surface area contributed by atoms with E-state index in [1.54, 1.807) is 11.8 Å². The van der Waals surface area contributed by atoms with Gasteiger partial charge in [-0.3, -0.25) is 4.79 Å². The molecule has 0 aliphatic rings. The molecule has 0 atom stereocenters. The number of methoxy groups -OCH3 is 1. The van der Waals surface area contributed by atoms with Gasteiger partial charge in [0, 0.05) is 11.9 Å². The molecule has 3 aromatic rings. The van der Waals surface area contributed by atoms with Crippen LogP contribution >= 0.6 is 0 Å². The van der Waals surface area contributed by atoms with Gasteiger partial charge in [0.25, 0.3) is 0 Å². The number of carbonyl (C=O) groups is 1. The molecule has 5 heteroatoms. The molecular weight excluding hydrogens is 302 g/mol. The Morgan fingerprint density at radius 3 is 2.38 bits per heavy atom. The highest BCUT2D eigenvalue weighted by Crippen LogP contribution is 2.15. The fourth-order valence-electron chi connectivity index (χ4n) is 2.39. The van der Waals surface area contributed by atoms with E-state index in [1.165, 1.54) is 0 Å². The van der Waals surface area contributed by atoms with Crippen molar-refractivity contribution in [1.82, 2.24) is 9.78 Å². The standard InChI is InChI=1S/C19H19N3O2/c1-14-11-12-22(21-14)17-7-5-16(6-8-17)20-19(23)13-15-3-9-18(24-2)10-4-15/h3-12H,13H2,1-2H3,(H,20,23). The summed E-state index contributed by atoms with van der Waals surface area (Å²) in [4.78, 5) is 12.1. The number of nitrogens with one attached hydrogen (secondary N) is 1. The summed E-state index contributed by atoms with van der Waals surface area (Å²) in [5.74, 6) is 0.728. The minimum absolute atomic E-state index is 0.0529. The Labute approximate surface area is 140 Å². The minimum atomic E-state index is -0.0529. The SMILES string of the molecule is COc1ccc(CC(=O)Nc2ccc(-n3ccc(C)n3)cc2)cc1. The molecule has 0 fully saturated rings. The van der Waals surface area contributed by atoms with Gasteiger partial charge >= 0.3 is 0 Å². The zero-order valence-corrected chi connectivity index (χ0v) is 13.7. The monoisotopic (exact) mass is 321 g/mol. The molecule has 0 bridgehead atoms. The molecule has 5 nitrogen and oxygen atoms in total. The summed E-state index contributed by atoms with van der Waals surface area (Å²) in [5, 5.41) is 7.26. The van der Waals surface area contributed by atoms with E-state index in [4.69, 9.17) is 4.74 Å². The summed E-state index contributed by atoms with van der Waals surface area (Å²) < 4.78 is 6.92. The molecular formula is C19H19N3O2. The minimum Gasteiger partial charge on any atom is -0.497 e. The molecule has 0 unspecified atom stereocenters. The molecule has 1 N–H and O–H groups in total. The molecule has 0 spiro atoms. The number of anilines is 1. The molecule has 3 rings (SSSR count). The zero-order valence-electron chi connectivity index (χ0n) is 13.7. The van der Waals surface area contributed by atoms with Crippen molar-refractivity contribution in [2.75, 3.05) is 12.4 Å². The maximum Gasteiger partial charge on any atom is 0.228 e. The number of aryl methyl sites for hydroxylation is 1. The van der Waals surface area contributed by atoms with E-state index in [0.717, 1.165) is 28.4 Å². The summed E-state index contributed by atoms with van der Waals surface area (Å²) >= 11 is 0. The Morgan fingerprint density at radius 2 is 1.79 bits per heavy atom. The smallest absolute Gasteiger partial charge is 0.228 e. The second kappa shape index (κ2) is 7.00. The van der Waals surface area contributed by atoms with Gasteiger partial charge in [0.2, 0.25) is 5.91 Å². The third-order valence-corrected chi connectivity index (χ3v) is 3.66. The Kier molecular flexibility index (Phi) is 4.61. The number of nitrogens with zero attached hydrogens (tertiary/aromatic N) is 2. The van der Waals surface area contributed by atoms with Gasteiger partial charge in [-0.25, -0.2) is 4.68 Å². The van der Waals surface area contributed by atoms with Crippen molar-refractivity contribution in [2.45, 2.75) is 13.3 Å². The largest absolute Gasteiger partial charge is 0.497 e. The van der Waals surface area contributed by atoms with E-state index < -0.39 is 0 Å². The maximum atomic E-state index is 12.1. The Morgan fingerprint density at radius 1 is 1.08 bits per heavy atom. The quantitative estimate of drug-likeness (QED) is 0.784. The lowest BCUT2D eigenvalue weighted by Crippen LogP contribution is -2.14. The van der Waals surface area contributed by atoms with Crippen LogP contribution < -0.4 is 10.1 Å². The zero-order chi connectivity index (χ0) is 16.9. The molecule has 1 aromatic heterocycles. The van der Waals surface area contributed by atoms with Crippen LogP contribution in [0, 0.1) is 6.92 Å². The summed E-state index contributed by atoms with van der Waals surface area (Å²) in [6.45, 7) is 1.95. The number of aromatic nitrogens is 2. The first-order valence-corrected chi connectivity index (χ1v) is 7.69. The summed E-state index contributed by atoms with van der Waals surface area (Å²) in [6, 6.07) is 17.0. The van der Waals surface area contributed by atoms with Gasteiger partial charge in [-0.2, -0.15) is 5.10 Å². The van der Waals surface area contributed by atoms with E-state index >= 15 is 0 Å². The molecule has 1 amide bonds. The van der Waals surface area contributed by atoms with Crippen molar-refractivity contribution in [2.24, 2.45) is 0 Å². The van der Waals surface area contributed by atoms with Crippen LogP contribution in [0.4, 0.5) is 5.69 Å². The molecule has 0 saturated carbocycles. The van der Waals surface area contributed by atoms with Crippen molar-refractivity contribution in [3.05, 3.63) is 72.1 Å². The van der Waals surface area contributed by atoms with Crippen LogP contribution in [0.25, 0.3) is 5.69 Å². The lowest BCUT2D eigenvalue weighted by Gasteiger charge is -2.07. The maximum absolute atomic E-state index is 12.1. The van der Waals surface area contributed by atoms with Gasteiger partial charge in [0.15, 0.2) is 0 Å². The van der Waals surface area contributed by atoms with E-state index in [2.05, 4.69) is 10.4 Å². The Balaban J connectivity index is 1.61. The first-order valence-electron chi connectivity index (χ1n) is 7.69. The van der Waals surface area contributed by atoms with Crippen molar-refractivity contribution in [3.63, 3.8) is 0 Å². The number of carbonyl (C=O) groups excluding carboxylic acids is 1. The van der Waals surface area contributed by atoms with E-state index in [9.17, 15) is 4.79 Å². The Bertz CT molecular complexity index is 821. The molecule has 0 aliphatic heterocycles. The first-order chi connectivity index (χ1) is 11.6. The van der Waals surface area contributed by atoms with Crippen molar-refractivity contribution in [1.29, 1.82) is 0 Å². The highest BCUT2D eigenvalue weighted by molar-refractivity contribution is 5.92. The second-order valence-electron chi connectivity index (χ2n) is 5.52. The highest BCUT2D eigenvalue weighted by atomic mass is 16.5. The fraction of sp³-hybridized carbons (Fsp3) is 0.158. The van der Waals surface area contributed by atoms with Crippen LogP contribution in [0.3, 0.4) is 0 Å². The van der Waals surface area contributed by atoms with Gasteiger partial charge in [-0.15, -0.1) is 0 Å². The number of benzene rings is 2. The van der Waals surface area contributed by atoms with Crippen LogP contribution in [0.5, 0.6) is 5.75 Å². The first kappa shape index (κ1) is 15.8. The lowest BCUT2D eigenvalue weighted by atomic mass is 10.1. The van der Waals surface area contributed by atoms with Crippen LogP contribution in [0.1, 0.15) is 11.3 Å². The predicted molar refractivity (Wildman–Crippen MR) is 93.6 cm³/mol. The van der Waals surface area contributed by atoms with Gasteiger partial charge in [0.05, 0.1) is 24.9 Å². The number of ether oxygens (including phenoxy) is 1. The molecule has 0 radical (unpaired) electrons. The number of hydrogen-bond donors (Lipinski definition) is 1. The lowest BCUT2D eigenvalue weighted by molar-refractivity contribution is -0.115.